The van der Waals surface area contributed by atoms with Crippen molar-refractivity contribution < 1.29 is 9.53 Å². The topological polar surface area (TPSA) is 38.3 Å². The minimum Gasteiger partial charge on any atom is -0.484 e. The molecule has 0 saturated carbocycles. The van der Waals surface area contributed by atoms with Crippen molar-refractivity contribution in [1.82, 2.24) is 5.32 Å². The lowest BCUT2D eigenvalue weighted by atomic mass is 10.1. The number of carbonyl (C=O) groups excluding carboxylic acids is 1. The monoisotopic (exact) mass is 297 g/mol. The molecule has 0 fully saturated rings. The van der Waals surface area contributed by atoms with Gasteiger partial charge in [-0.15, -0.1) is 0 Å². The van der Waals surface area contributed by atoms with E-state index >= 15 is 0 Å². The standard InChI is InChI=1S/C19H23NO2/c1-4-16-7-9-17(10-8-16)15(3)20-19(21)13-22-18-11-5-14(2)6-12-18/h5-12,15H,4,13H2,1-3H3,(H,20,21). The fraction of sp³-hybridized carbons (Fsp3) is 0.316. The summed E-state index contributed by atoms with van der Waals surface area (Å²) < 4.78 is 5.48. The summed E-state index contributed by atoms with van der Waals surface area (Å²) in [5.41, 5.74) is 3.56. The predicted octanol–water partition coefficient (Wildman–Crippen LogP) is 3.81. The van der Waals surface area contributed by atoms with Gasteiger partial charge in [-0.1, -0.05) is 48.9 Å². The lowest BCUT2D eigenvalue weighted by Gasteiger charge is -2.15. The molecule has 0 aromatic heterocycles. The predicted molar refractivity (Wildman–Crippen MR) is 89.1 cm³/mol. The Bertz CT molecular complexity index is 602. The summed E-state index contributed by atoms with van der Waals surface area (Å²) in [6.45, 7) is 6.15. The summed E-state index contributed by atoms with van der Waals surface area (Å²) in [6.07, 6.45) is 1.02. The van der Waals surface area contributed by atoms with Crippen LogP contribution < -0.4 is 10.1 Å². The number of amides is 1. The molecule has 0 radical (unpaired) electrons. The first-order chi connectivity index (χ1) is 10.6. The summed E-state index contributed by atoms with van der Waals surface area (Å²) in [5.74, 6) is 0.591. The third-order valence-corrected chi connectivity index (χ3v) is 3.66. The van der Waals surface area contributed by atoms with E-state index in [1.165, 1.54) is 11.1 Å². The van der Waals surface area contributed by atoms with Crippen molar-refractivity contribution in [3.8, 4) is 5.75 Å². The van der Waals surface area contributed by atoms with Gasteiger partial charge in [0.25, 0.3) is 5.91 Å². The molecule has 1 atom stereocenters. The maximum Gasteiger partial charge on any atom is 0.258 e. The second-order valence-corrected chi connectivity index (χ2v) is 5.49. The van der Waals surface area contributed by atoms with Crippen LogP contribution in [-0.2, 0) is 11.2 Å². The van der Waals surface area contributed by atoms with E-state index in [9.17, 15) is 4.79 Å². The van der Waals surface area contributed by atoms with E-state index in [4.69, 9.17) is 4.74 Å². The van der Waals surface area contributed by atoms with Crippen LogP contribution in [0, 0.1) is 6.92 Å². The number of hydrogen-bond donors (Lipinski definition) is 1. The second kappa shape index (κ2) is 7.64. The minimum atomic E-state index is -0.118. The first kappa shape index (κ1) is 16.1. The van der Waals surface area contributed by atoms with E-state index in [0.29, 0.717) is 5.75 Å². The molecule has 0 bridgehead atoms. The Labute approximate surface area is 132 Å². The second-order valence-electron chi connectivity index (χ2n) is 5.49. The molecule has 22 heavy (non-hydrogen) atoms. The summed E-state index contributed by atoms with van der Waals surface area (Å²) in [4.78, 5) is 12.0. The fourth-order valence-electron chi connectivity index (χ4n) is 2.19. The quantitative estimate of drug-likeness (QED) is 0.880. The molecule has 0 aliphatic heterocycles. The van der Waals surface area contributed by atoms with Gasteiger partial charge in [-0.25, -0.2) is 0 Å². The average Bonchev–Trinajstić information content (AvgIpc) is 2.54. The van der Waals surface area contributed by atoms with Crippen molar-refractivity contribution in [3.63, 3.8) is 0 Å². The van der Waals surface area contributed by atoms with Gasteiger partial charge in [-0.05, 0) is 43.5 Å². The fourth-order valence-corrected chi connectivity index (χ4v) is 2.19. The Morgan fingerprint density at radius 2 is 1.73 bits per heavy atom. The van der Waals surface area contributed by atoms with Crippen LogP contribution in [0.4, 0.5) is 0 Å². The Morgan fingerprint density at radius 1 is 1.09 bits per heavy atom. The number of aryl methyl sites for hydroxylation is 2. The van der Waals surface area contributed by atoms with E-state index in [2.05, 4.69) is 36.5 Å². The number of carbonyl (C=O) groups is 1. The molecule has 0 heterocycles. The number of hydrogen-bond acceptors (Lipinski definition) is 2. The van der Waals surface area contributed by atoms with Crippen LogP contribution in [0.5, 0.6) is 5.75 Å². The Hall–Kier alpha value is -2.29. The van der Waals surface area contributed by atoms with Crippen LogP contribution in [0.2, 0.25) is 0 Å². The van der Waals surface area contributed by atoms with Crippen molar-refractivity contribution in [2.45, 2.75) is 33.2 Å². The zero-order valence-corrected chi connectivity index (χ0v) is 13.4. The van der Waals surface area contributed by atoms with Crippen molar-refractivity contribution in [1.29, 1.82) is 0 Å². The number of benzene rings is 2. The first-order valence-electron chi connectivity index (χ1n) is 7.66. The molecular formula is C19H23NO2. The van der Waals surface area contributed by atoms with E-state index < -0.39 is 0 Å². The maximum atomic E-state index is 12.0. The first-order valence-corrected chi connectivity index (χ1v) is 7.66. The molecule has 3 nitrogen and oxygen atoms in total. The number of rotatable bonds is 6. The van der Waals surface area contributed by atoms with E-state index in [1.54, 1.807) is 0 Å². The van der Waals surface area contributed by atoms with Crippen LogP contribution in [0.25, 0.3) is 0 Å². The van der Waals surface area contributed by atoms with Crippen molar-refractivity contribution in [2.75, 3.05) is 6.61 Å². The Balaban J connectivity index is 1.83. The van der Waals surface area contributed by atoms with Gasteiger partial charge in [-0.2, -0.15) is 0 Å². The van der Waals surface area contributed by atoms with Crippen molar-refractivity contribution >= 4 is 5.91 Å². The van der Waals surface area contributed by atoms with E-state index in [1.807, 2.05) is 38.1 Å². The van der Waals surface area contributed by atoms with Crippen molar-refractivity contribution in [3.05, 3.63) is 65.2 Å². The minimum absolute atomic E-state index is 0.0278. The van der Waals surface area contributed by atoms with Gasteiger partial charge in [0.15, 0.2) is 6.61 Å². The summed E-state index contributed by atoms with van der Waals surface area (Å²) in [5, 5.41) is 2.95. The van der Waals surface area contributed by atoms with E-state index in [-0.39, 0.29) is 18.6 Å². The number of ether oxygens (including phenoxy) is 1. The lowest BCUT2D eigenvalue weighted by Crippen LogP contribution is -2.31. The van der Waals surface area contributed by atoms with Gasteiger partial charge in [0.2, 0.25) is 0 Å². The highest BCUT2D eigenvalue weighted by Crippen LogP contribution is 2.14. The molecule has 0 aliphatic carbocycles. The van der Waals surface area contributed by atoms with Crippen LogP contribution in [0.1, 0.15) is 36.6 Å². The molecular weight excluding hydrogens is 274 g/mol. The molecule has 2 rings (SSSR count). The Morgan fingerprint density at radius 3 is 2.32 bits per heavy atom. The summed E-state index contributed by atoms with van der Waals surface area (Å²) >= 11 is 0. The van der Waals surface area contributed by atoms with Gasteiger partial charge in [0.1, 0.15) is 5.75 Å². The summed E-state index contributed by atoms with van der Waals surface area (Å²) in [6, 6.07) is 16.0. The smallest absolute Gasteiger partial charge is 0.258 e. The summed E-state index contributed by atoms with van der Waals surface area (Å²) in [7, 11) is 0. The van der Waals surface area contributed by atoms with Gasteiger partial charge >= 0.3 is 0 Å². The van der Waals surface area contributed by atoms with Gasteiger partial charge in [-0.3, -0.25) is 4.79 Å². The highest BCUT2D eigenvalue weighted by Gasteiger charge is 2.10. The highest BCUT2D eigenvalue weighted by molar-refractivity contribution is 5.78. The highest BCUT2D eigenvalue weighted by atomic mass is 16.5. The van der Waals surface area contributed by atoms with Crippen LogP contribution in [0.3, 0.4) is 0 Å². The van der Waals surface area contributed by atoms with Gasteiger partial charge in [0, 0.05) is 0 Å². The SMILES string of the molecule is CCc1ccc(C(C)NC(=O)COc2ccc(C)cc2)cc1. The zero-order chi connectivity index (χ0) is 15.9. The van der Waals surface area contributed by atoms with Crippen LogP contribution in [-0.4, -0.2) is 12.5 Å². The molecule has 1 amide bonds. The molecule has 0 saturated heterocycles. The van der Waals surface area contributed by atoms with Crippen LogP contribution in [0.15, 0.2) is 48.5 Å². The zero-order valence-electron chi connectivity index (χ0n) is 13.4. The molecule has 2 aromatic rings. The molecule has 2 aromatic carbocycles. The maximum absolute atomic E-state index is 12.0. The molecule has 1 unspecified atom stereocenters. The molecule has 3 heteroatoms. The van der Waals surface area contributed by atoms with Crippen LogP contribution >= 0.6 is 0 Å². The lowest BCUT2D eigenvalue weighted by molar-refractivity contribution is -0.123. The Kier molecular flexibility index (Phi) is 5.59. The average molecular weight is 297 g/mol. The molecule has 0 spiro atoms. The van der Waals surface area contributed by atoms with Crippen molar-refractivity contribution in [2.24, 2.45) is 0 Å². The molecule has 1 N–H and O–H groups in total. The third-order valence-electron chi connectivity index (χ3n) is 3.66. The third kappa shape index (κ3) is 4.62. The van der Waals surface area contributed by atoms with Gasteiger partial charge < -0.3 is 10.1 Å². The number of nitrogens with one attached hydrogen (secondary N) is 1. The molecule has 0 aliphatic rings. The van der Waals surface area contributed by atoms with E-state index in [0.717, 1.165) is 12.0 Å². The molecule has 116 valence electrons. The largest absolute Gasteiger partial charge is 0.484 e. The van der Waals surface area contributed by atoms with Gasteiger partial charge in [0.05, 0.1) is 6.04 Å². The normalized spacial score (nSPS) is 11.8.